The number of nitrogens with one attached hydrogen (secondary N) is 2. The van der Waals surface area contributed by atoms with Gasteiger partial charge in [-0.1, -0.05) is 23.7 Å². The molecule has 0 heterocycles. The highest BCUT2D eigenvalue weighted by molar-refractivity contribution is 6.31. The number of urea groups is 1. The number of anilines is 1. The number of rotatable bonds is 5. The minimum absolute atomic E-state index is 0.185. The Morgan fingerprint density at radius 1 is 1.13 bits per heavy atom. The summed E-state index contributed by atoms with van der Waals surface area (Å²) in [5.74, 6) is 1.28. The van der Waals surface area contributed by atoms with Gasteiger partial charge in [0.1, 0.15) is 11.5 Å². The van der Waals surface area contributed by atoms with Gasteiger partial charge >= 0.3 is 6.03 Å². The van der Waals surface area contributed by atoms with E-state index in [0.29, 0.717) is 16.5 Å². The van der Waals surface area contributed by atoms with Gasteiger partial charge in [-0.15, -0.1) is 0 Å². The van der Waals surface area contributed by atoms with Gasteiger partial charge in [0.25, 0.3) is 0 Å². The quantitative estimate of drug-likeness (QED) is 0.859. The predicted molar refractivity (Wildman–Crippen MR) is 91.6 cm³/mol. The van der Waals surface area contributed by atoms with Crippen molar-refractivity contribution in [3.8, 4) is 11.5 Å². The molecule has 2 rings (SSSR count). The molecule has 0 aliphatic rings. The van der Waals surface area contributed by atoms with Crippen LogP contribution < -0.4 is 20.1 Å². The maximum Gasteiger partial charge on any atom is 0.319 e. The van der Waals surface area contributed by atoms with Gasteiger partial charge in [-0.2, -0.15) is 0 Å². The average molecular weight is 335 g/mol. The van der Waals surface area contributed by atoms with Crippen LogP contribution in [-0.4, -0.2) is 20.3 Å². The van der Waals surface area contributed by atoms with Crippen molar-refractivity contribution in [1.29, 1.82) is 0 Å². The Morgan fingerprint density at radius 3 is 2.61 bits per heavy atom. The maximum atomic E-state index is 12.2. The van der Waals surface area contributed by atoms with E-state index in [1.165, 1.54) is 7.11 Å². The third-order valence-electron chi connectivity index (χ3n) is 3.35. The van der Waals surface area contributed by atoms with Gasteiger partial charge in [-0.05, 0) is 42.8 Å². The van der Waals surface area contributed by atoms with Crippen LogP contribution in [0.4, 0.5) is 10.5 Å². The third-order valence-corrected chi connectivity index (χ3v) is 3.59. The van der Waals surface area contributed by atoms with E-state index in [2.05, 4.69) is 10.6 Å². The lowest BCUT2D eigenvalue weighted by molar-refractivity contribution is 0.249. The largest absolute Gasteiger partial charge is 0.497 e. The van der Waals surface area contributed by atoms with Gasteiger partial charge in [0.15, 0.2) is 0 Å². The number of carbonyl (C=O) groups excluding carboxylic acids is 1. The van der Waals surface area contributed by atoms with E-state index in [0.717, 1.165) is 11.3 Å². The molecule has 0 aliphatic carbocycles. The first kappa shape index (κ1) is 17.0. The Morgan fingerprint density at radius 2 is 1.91 bits per heavy atom. The van der Waals surface area contributed by atoms with Gasteiger partial charge in [-0.3, -0.25) is 0 Å². The van der Waals surface area contributed by atoms with E-state index in [4.69, 9.17) is 21.1 Å². The van der Waals surface area contributed by atoms with E-state index >= 15 is 0 Å². The summed E-state index contributed by atoms with van der Waals surface area (Å²) in [5.41, 5.74) is 1.45. The Bertz CT molecular complexity index is 691. The number of methoxy groups -OCH3 is 2. The number of halogens is 1. The van der Waals surface area contributed by atoms with Crippen LogP contribution in [0, 0.1) is 0 Å². The van der Waals surface area contributed by atoms with Gasteiger partial charge in [-0.25, -0.2) is 4.79 Å². The maximum absolute atomic E-state index is 12.2. The fourth-order valence-electron chi connectivity index (χ4n) is 2.13. The molecule has 2 N–H and O–H groups in total. The Balaban J connectivity index is 2.05. The molecule has 0 fully saturated rings. The molecule has 122 valence electrons. The molecule has 1 atom stereocenters. The van der Waals surface area contributed by atoms with Crippen molar-refractivity contribution < 1.29 is 14.3 Å². The molecule has 0 aromatic heterocycles. The Kier molecular flexibility index (Phi) is 5.71. The summed E-state index contributed by atoms with van der Waals surface area (Å²) in [6.07, 6.45) is 0. The lowest BCUT2D eigenvalue weighted by Gasteiger charge is -2.17. The van der Waals surface area contributed by atoms with Crippen LogP contribution in [0.3, 0.4) is 0 Å². The second-order valence-corrected chi connectivity index (χ2v) is 5.38. The molecular formula is C17H19ClN2O3. The molecule has 2 amide bonds. The SMILES string of the molecule is COc1cccc(C(C)NC(=O)Nc2cc(Cl)ccc2OC)c1. The van der Waals surface area contributed by atoms with Crippen molar-refractivity contribution in [2.24, 2.45) is 0 Å². The zero-order valence-corrected chi connectivity index (χ0v) is 14.0. The standard InChI is InChI=1S/C17H19ClN2O3/c1-11(12-5-4-6-14(9-12)22-2)19-17(21)20-15-10-13(18)7-8-16(15)23-3/h4-11H,1-3H3,(H2,19,20,21). The van der Waals surface area contributed by atoms with Crippen molar-refractivity contribution >= 4 is 23.3 Å². The number of benzene rings is 2. The molecule has 2 aromatic rings. The van der Waals surface area contributed by atoms with Crippen LogP contribution in [0.5, 0.6) is 11.5 Å². The molecule has 0 aliphatic heterocycles. The molecule has 0 bridgehead atoms. The van der Waals surface area contributed by atoms with Crippen LogP contribution >= 0.6 is 11.6 Å². The summed E-state index contributed by atoms with van der Waals surface area (Å²) in [6.45, 7) is 1.89. The van der Waals surface area contributed by atoms with Crippen LogP contribution in [0.1, 0.15) is 18.5 Å². The molecular weight excluding hydrogens is 316 g/mol. The monoisotopic (exact) mass is 334 g/mol. The normalized spacial score (nSPS) is 11.5. The first-order chi connectivity index (χ1) is 11.0. The van der Waals surface area contributed by atoms with Crippen molar-refractivity contribution in [3.63, 3.8) is 0 Å². The van der Waals surface area contributed by atoms with Crippen LogP contribution in [0.15, 0.2) is 42.5 Å². The van der Waals surface area contributed by atoms with Crippen LogP contribution in [-0.2, 0) is 0 Å². The summed E-state index contributed by atoms with van der Waals surface area (Å²) in [5, 5.41) is 6.12. The zero-order valence-electron chi connectivity index (χ0n) is 13.2. The Labute approximate surface area is 140 Å². The van der Waals surface area contributed by atoms with E-state index in [-0.39, 0.29) is 12.1 Å². The highest BCUT2D eigenvalue weighted by Gasteiger charge is 2.12. The summed E-state index contributed by atoms with van der Waals surface area (Å²) >= 11 is 5.95. The predicted octanol–water partition coefficient (Wildman–Crippen LogP) is 4.24. The van der Waals surface area contributed by atoms with E-state index in [1.807, 2.05) is 31.2 Å². The molecule has 5 nitrogen and oxygen atoms in total. The van der Waals surface area contributed by atoms with Gasteiger partial charge in [0.05, 0.1) is 25.9 Å². The summed E-state index contributed by atoms with van der Waals surface area (Å²) < 4.78 is 10.4. The van der Waals surface area contributed by atoms with Crippen molar-refractivity contribution in [2.75, 3.05) is 19.5 Å². The van der Waals surface area contributed by atoms with Gasteiger partial charge in [0, 0.05) is 5.02 Å². The number of hydrogen-bond acceptors (Lipinski definition) is 3. The minimum atomic E-state index is -0.346. The smallest absolute Gasteiger partial charge is 0.319 e. The minimum Gasteiger partial charge on any atom is -0.497 e. The van der Waals surface area contributed by atoms with E-state index < -0.39 is 0 Å². The van der Waals surface area contributed by atoms with Gasteiger partial charge in [0.2, 0.25) is 0 Å². The second kappa shape index (κ2) is 7.74. The molecule has 0 saturated heterocycles. The lowest BCUT2D eigenvalue weighted by atomic mass is 10.1. The summed E-state index contributed by atoms with van der Waals surface area (Å²) in [4.78, 5) is 12.2. The van der Waals surface area contributed by atoms with E-state index in [9.17, 15) is 4.79 Å². The number of ether oxygens (including phenoxy) is 2. The summed E-state index contributed by atoms with van der Waals surface area (Å²) in [6, 6.07) is 12.0. The molecule has 2 aromatic carbocycles. The van der Waals surface area contributed by atoms with Crippen molar-refractivity contribution in [1.82, 2.24) is 5.32 Å². The van der Waals surface area contributed by atoms with Gasteiger partial charge < -0.3 is 20.1 Å². The average Bonchev–Trinajstić information content (AvgIpc) is 2.55. The molecule has 1 unspecified atom stereocenters. The Hall–Kier alpha value is -2.40. The third kappa shape index (κ3) is 4.53. The highest BCUT2D eigenvalue weighted by Crippen LogP contribution is 2.27. The molecule has 0 spiro atoms. The molecule has 23 heavy (non-hydrogen) atoms. The van der Waals surface area contributed by atoms with Crippen LogP contribution in [0.2, 0.25) is 5.02 Å². The fraction of sp³-hybridized carbons (Fsp3) is 0.235. The second-order valence-electron chi connectivity index (χ2n) is 4.94. The number of amides is 2. The van der Waals surface area contributed by atoms with Crippen LogP contribution in [0.25, 0.3) is 0 Å². The molecule has 6 heteroatoms. The summed E-state index contributed by atoms with van der Waals surface area (Å²) in [7, 11) is 3.14. The topological polar surface area (TPSA) is 59.6 Å². The van der Waals surface area contributed by atoms with Crippen molar-refractivity contribution in [2.45, 2.75) is 13.0 Å². The fourth-order valence-corrected chi connectivity index (χ4v) is 2.30. The number of carbonyl (C=O) groups is 1. The first-order valence-corrected chi connectivity index (χ1v) is 7.46. The zero-order chi connectivity index (χ0) is 16.8. The van der Waals surface area contributed by atoms with E-state index in [1.54, 1.807) is 25.3 Å². The van der Waals surface area contributed by atoms with Crippen molar-refractivity contribution in [3.05, 3.63) is 53.1 Å². The number of hydrogen-bond donors (Lipinski definition) is 2. The highest BCUT2D eigenvalue weighted by atomic mass is 35.5. The molecule has 0 saturated carbocycles. The first-order valence-electron chi connectivity index (χ1n) is 7.08. The molecule has 0 radical (unpaired) electrons. The lowest BCUT2D eigenvalue weighted by Crippen LogP contribution is -2.31.